The van der Waals surface area contributed by atoms with E-state index in [0.29, 0.717) is 31.6 Å². The molecule has 0 aliphatic carbocycles. The minimum absolute atomic E-state index is 0.235. The standard InChI is InChI=1S/C8H17NO2.C6H13NO2/c1-5-9(4)8(10)11-6-7(2)3;1-5(2)3-4-9-6(7)8/h7H,5-6H2,1-4H3;5H,3-4H2,1-2H3,(H2,7,8). The Balaban J connectivity index is 0. The predicted molar refractivity (Wildman–Crippen MR) is 79.5 cm³/mol. The average Bonchev–Trinajstić information content (AvgIpc) is 2.34. The van der Waals surface area contributed by atoms with Gasteiger partial charge >= 0.3 is 12.2 Å². The highest BCUT2D eigenvalue weighted by atomic mass is 16.6. The Morgan fingerprint density at radius 3 is 2.00 bits per heavy atom. The van der Waals surface area contributed by atoms with E-state index >= 15 is 0 Å². The summed E-state index contributed by atoms with van der Waals surface area (Å²) in [6, 6.07) is 0. The van der Waals surface area contributed by atoms with Crippen LogP contribution in [0.15, 0.2) is 0 Å². The van der Waals surface area contributed by atoms with Crippen LogP contribution < -0.4 is 5.73 Å². The number of rotatable bonds is 6. The van der Waals surface area contributed by atoms with E-state index in [9.17, 15) is 9.59 Å². The Labute approximate surface area is 122 Å². The molecule has 20 heavy (non-hydrogen) atoms. The molecular weight excluding hydrogens is 260 g/mol. The molecule has 0 saturated carbocycles. The van der Waals surface area contributed by atoms with E-state index in [4.69, 9.17) is 10.5 Å². The van der Waals surface area contributed by atoms with Gasteiger partial charge in [0, 0.05) is 13.6 Å². The Morgan fingerprint density at radius 2 is 1.65 bits per heavy atom. The molecule has 0 fully saturated rings. The molecule has 0 atom stereocenters. The van der Waals surface area contributed by atoms with Crippen molar-refractivity contribution in [2.24, 2.45) is 17.6 Å². The molecule has 2 N–H and O–H groups in total. The molecule has 0 aromatic rings. The summed E-state index contributed by atoms with van der Waals surface area (Å²) in [7, 11) is 1.72. The second-order valence-corrected chi connectivity index (χ2v) is 5.33. The highest BCUT2D eigenvalue weighted by Crippen LogP contribution is 1.98. The molecule has 0 aliphatic heterocycles. The van der Waals surface area contributed by atoms with E-state index in [1.165, 1.54) is 0 Å². The summed E-state index contributed by atoms with van der Waals surface area (Å²) < 4.78 is 9.43. The first-order valence-electron chi connectivity index (χ1n) is 7.00. The zero-order chi connectivity index (χ0) is 16.1. The molecule has 0 saturated heterocycles. The van der Waals surface area contributed by atoms with Crippen molar-refractivity contribution in [1.82, 2.24) is 4.90 Å². The molecule has 0 radical (unpaired) electrons. The number of carbonyl (C=O) groups excluding carboxylic acids is 2. The number of ether oxygens (including phenoxy) is 2. The molecule has 6 heteroatoms. The number of nitrogens with two attached hydrogens (primary N) is 1. The summed E-state index contributed by atoms with van der Waals surface area (Å²) in [5.41, 5.74) is 4.72. The van der Waals surface area contributed by atoms with Crippen molar-refractivity contribution in [2.45, 2.75) is 41.0 Å². The van der Waals surface area contributed by atoms with Crippen molar-refractivity contribution in [3.05, 3.63) is 0 Å². The van der Waals surface area contributed by atoms with Crippen LogP contribution in [0.25, 0.3) is 0 Å². The SMILES string of the molecule is CC(C)CCOC(N)=O.CCN(C)C(=O)OCC(C)C. The molecule has 0 aromatic carbocycles. The van der Waals surface area contributed by atoms with Gasteiger partial charge in [-0.3, -0.25) is 0 Å². The van der Waals surface area contributed by atoms with Gasteiger partial charge in [-0.05, 0) is 25.2 Å². The van der Waals surface area contributed by atoms with E-state index in [1.54, 1.807) is 11.9 Å². The van der Waals surface area contributed by atoms with Gasteiger partial charge < -0.3 is 20.1 Å². The fraction of sp³-hybridized carbons (Fsp3) is 0.857. The molecule has 0 heterocycles. The van der Waals surface area contributed by atoms with Crippen molar-refractivity contribution in [2.75, 3.05) is 26.8 Å². The van der Waals surface area contributed by atoms with Gasteiger partial charge in [0.1, 0.15) is 0 Å². The van der Waals surface area contributed by atoms with Crippen LogP contribution >= 0.6 is 0 Å². The highest BCUT2D eigenvalue weighted by Gasteiger charge is 2.07. The lowest BCUT2D eigenvalue weighted by molar-refractivity contribution is 0.101. The van der Waals surface area contributed by atoms with Gasteiger partial charge in [-0.2, -0.15) is 0 Å². The predicted octanol–water partition coefficient (Wildman–Crippen LogP) is 2.86. The molecule has 0 rings (SSSR count). The van der Waals surface area contributed by atoms with Crippen LogP contribution in [0.2, 0.25) is 0 Å². The van der Waals surface area contributed by atoms with Gasteiger partial charge in [0.25, 0.3) is 0 Å². The third-order valence-corrected chi connectivity index (χ3v) is 2.27. The molecule has 0 aliphatic rings. The molecule has 2 amide bonds. The van der Waals surface area contributed by atoms with Gasteiger partial charge in [0.05, 0.1) is 13.2 Å². The lowest BCUT2D eigenvalue weighted by Gasteiger charge is -2.15. The second-order valence-electron chi connectivity index (χ2n) is 5.33. The number of primary amides is 1. The van der Waals surface area contributed by atoms with Crippen LogP contribution in [0, 0.1) is 11.8 Å². The summed E-state index contributed by atoms with van der Waals surface area (Å²) in [6.07, 6.45) is -0.0417. The first kappa shape index (κ1) is 20.8. The molecular formula is C14H30N2O4. The van der Waals surface area contributed by atoms with Gasteiger partial charge in [0.15, 0.2) is 0 Å². The molecule has 0 unspecified atom stereocenters. The van der Waals surface area contributed by atoms with Crippen molar-refractivity contribution in [1.29, 1.82) is 0 Å². The third kappa shape index (κ3) is 16.5. The second kappa shape index (κ2) is 12.6. The maximum Gasteiger partial charge on any atom is 0.409 e. The summed E-state index contributed by atoms with van der Waals surface area (Å²) in [5, 5.41) is 0. The minimum Gasteiger partial charge on any atom is -0.450 e. The molecule has 120 valence electrons. The van der Waals surface area contributed by atoms with E-state index < -0.39 is 6.09 Å². The first-order chi connectivity index (χ1) is 9.20. The summed E-state index contributed by atoms with van der Waals surface area (Å²) in [5.74, 6) is 0.966. The fourth-order valence-electron chi connectivity index (χ4n) is 0.872. The third-order valence-electron chi connectivity index (χ3n) is 2.27. The van der Waals surface area contributed by atoms with Gasteiger partial charge in [-0.15, -0.1) is 0 Å². The fourth-order valence-corrected chi connectivity index (χ4v) is 0.872. The highest BCUT2D eigenvalue weighted by molar-refractivity contribution is 5.67. The number of nitrogens with zero attached hydrogens (tertiary/aromatic N) is 1. The first-order valence-corrected chi connectivity index (χ1v) is 7.00. The van der Waals surface area contributed by atoms with Crippen LogP contribution in [0.1, 0.15) is 41.0 Å². The largest absolute Gasteiger partial charge is 0.450 e. The van der Waals surface area contributed by atoms with E-state index in [2.05, 4.69) is 18.6 Å². The van der Waals surface area contributed by atoms with E-state index in [-0.39, 0.29) is 6.09 Å². The maximum atomic E-state index is 11.0. The van der Waals surface area contributed by atoms with Crippen LogP contribution in [0.4, 0.5) is 9.59 Å². The zero-order valence-corrected chi connectivity index (χ0v) is 13.6. The lowest BCUT2D eigenvalue weighted by Crippen LogP contribution is -2.28. The van der Waals surface area contributed by atoms with Crippen molar-refractivity contribution in [3.8, 4) is 0 Å². The normalized spacial score (nSPS) is 9.80. The number of amides is 2. The number of hydrogen-bond acceptors (Lipinski definition) is 4. The zero-order valence-electron chi connectivity index (χ0n) is 13.6. The topological polar surface area (TPSA) is 81.9 Å². The van der Waals surface area contributed by atoms with Crippen LogP contribution in [-0.4, -0.2) is 43.9 Å². The van der Waals surface area contributed by atoms with Gasteiger partial charge in [0.2, 0.25) is 0 Å². The Kier molecular flexibility index (Phi) is 13.1. The maximum absolute atomic E-state index is 11.0. The van der Waals surface area contributed by atoms with Crippen LogP contribution in [-0.2, 0) is 9.47 Å². The average molecular weight is 290 g/mol. The number of carbonyl (C=O) groups is 2. The Morgan fingerprint density at radius 1 is 1.10 bits per heavy atom. The lowest BCUT2D eigenvalue weighted by atomic mass is 10.1. The molecule has 0 spiro atoms. The summed E-state index contributed by atoms with van der Waals surface area (Å²) >= 11 is 0. The quantitative estimate of drug-likeness (QED) is 0.815. The van der Waals surface area contributed by atoms with Gasteiger partial charge in [-0.25, -0.2) is 9.59 Å². The van der Waals surface area contributed by atoms with Crippen LogP contribution in [0.5, 0.6) is 0 Å². The van der Waals surface area contributed by atoms with Crippen molar-refractivity contribution >= 4 is 12.2 Å². The minimum atomic E-state index is -0.685. The van der Waals surface area contributed by atoms with E-state index in [1.807, 2.05) is 20.8 Å². The molecule has 6 nitrogen and oxygen atoms in total. The summed E-state index contributed by atoms with van der Waals surface area (Å²) in [6.45, 7) is 11.7. The van der Waals surface area contributed by atoms with Crippen molar-refractivity contribution in [3.63, 3.8) is 0 Å². The van der Waals surface area contributed by atoms with Gasteiger partial charge in [-0.1, -0.05) is 27.7 Å². The Hall–Kier alpha value is -1.46. The smallest absolute Gasteiger partial charge is 0.409 e. The molecule has 0 bridgehead atoms. The monoisotopic (exact) mass is 290 g/mol. The van der Waals surface area contributed by atoms with Crippen LogP contribution in [0.3, 0.4) is 0 Å². The number of hydrogen-bond donors (Lipinski definition) is 1. The van der Waals surface area contributed by atoms with Crippen molar-refractivity contribution < 1.29 is 19.1 Å². The molecule has 0 aromatic heterocycles. The van der Waals surface area contributed by atoms with E-state index in [0.717, 1.165) is 6.42 Å². The summed E-state index contributed by atoms with van der Waals surface area (Å²) in [4.78, 5) is 22.5. The Bertz CT molecular complexity index is 268.